The smallest absolute Gasteiger partial charge is 0.276 e. The van der Waals surface area contributed by atoms with Gasteiger partial charge in [-0.3, -0.25) is 4.79 Å². The first kappa shape index (κ1) is 18.6. The third kappa shape index (κ3) is 3.30. The maximum absolute atomic E-state index is 12.8. The molecule has 0 saturated carbocycles. The van der Waals surface area contributed by atoms with Gasteiger partial charge in [-0.1, -0.05) is 42.4 Å². The van der Waals surface area contributed by atoms with Crippen molar-refractivity contribution in [3.05, 3.63) is 64.4 Å². The highest BCUT2D eigenvalue weighted by molar-refractivity contribution is 7.15. The van der Waals surface area contributed by atoms with Gasteiger partial charge in [-0.05, 0) is 30.0 Å². The zero-order chi connectivity index (χ0) is 19.8. The molecule has 150 valence electrons. The summed E-state index contributed by atoms with van der Waals surface area (Å²) in [6.45, 7) is 4.08. The Balaban J connectivity index is 1.36. The standard InChI is InChI=1S/C23H24N2O3S/c1-2-17-14-19(24-28-17)22(26)25-11-9-23(10-12-25)18-15-21(16-6-4-3-5-7-16)29-20(18)8-13-27-23/h3-7,14-15H,2,8-13H2,1H3. The van der Waals surface area contributed by atoms with E-state index in [0.717, 1.165) is 38.1 Å². The molecule has 0 aliphatic carbocycles. The molecule has 1 fully saturated rings. The summed E-state index contributed by atoms with van der Waals surface area (Å²) in [7, 11) is 0. The van der Waals surface area contributed by atoms with E-state index in [1.807, 2.05) is 29.2 Å². The summed E-state index contributed by atoms with van der Waals surface area (Å²) in [6.07, 6.45) is 3.34. The predicted octanol–water partition coefficient (Wildman–Crippen LogP) is 4.67. The van der Waals surface area contributed by atoms with Crippen molar-refractivity contribution in [2.45, 2.75) is 38.2 Å². The Kier molecular flexibility index (Phi) is 4.76. The van der Waals surface area contributed by atoms with Gasteiger partial charge in [0.15, 0.2) is 5.69 Å². The minimum atomic E-state index is -0.272. The van der Waals surface area contributed by atoms with Crippen molar-refractivity contribution < 1.29 is 14.1 Å². The van der Waals surface area contributed by atoms with Crippen LogP contribution in [0.4, 0.5) is 0 Å². The van der Waals surface area contributed by atoms with Gasteiger partial charge in [0.1, 0.15) is 5.76 Å². The number of benzene rings is 1. The summed E-state index contributed by atoms with van der Waals surface area (Å²) in [6, 6.07) is 14.6. The van der Waals surface area contributed by atoms with Crippen molar-refractivity contribution in [1.29, 1.82) is 0 Å². The first-order chi connectivity index (χ1) is 14.2. The molecule has 0 N–H and O–H groups in total. The summed E-state index contributed by atoms with van der Waals surface area (Å²) >= 11 is 1.88. The van der Waals surface area contributed by atoms with Crippen molar-refractivity contribution in [3.63, 3.8) is 0 Å². The van der Waals surface area contributed by atoms with E-state index in [-0.39, 0.29) is 11.5 Å². The Morgan fingerprint density at radius 1 is 1.21 bits per heavy atom. The second-order valence-corrected chi connectivity index (χ2v) is 8.87. The molecule has 1 spiro atoms. The Morgan fingerprint density at radius 3 is 2.72 bits per heavy atom. The lowest BCUT2D eigenvalue weighted by molar-refractivity contribution is -0.0926. The van der Waals surface area contributed by atoms with E-state index in [2.05, 4.69) is 35.5 Å². The van der Waals surface area contributed by atoms with Crippen LogP contribution in [-0.4, -0.2) is 35.7 Å². The molecule has 1 saturated heterocycles. The highest BCUT2D eigenvalue weighted by Gasteiger charge is 2.43. The summed E-state index contributed by atoms with van der Waals surface area (Å²) in [5, 5.41) is 3.94. The number of rotatable bonds is 3. The minimum Gasteiger partial charge on any atom is -0.370 e. The molecule has 2 aliphatic rings. The van der Waals surface area contributed by atoms with Gasteiger partial charge in [0.25, 0.3) is 5.91 Å². The zero-order valence-electron chi connectivity index (χ0n) is 16.5. The molecule has 5 nitrogen and oxygen atoms in total. The lowest BCUT2D eigenvalue weighted by atomic mass is 9.82. The fourth-order valence-corrected chi connectivity index (χ4v) is 5.63. The second-order valence-electron chi connectivity index (χ2n) is 7.73. The van der Waals surface area contributed by atoms with Crippen molar-refractivity contribution in [3.8, 4) is 10.4 Å². The van der Waals surface area contributed by atoms with Crippen LogP contribution in [0.1, 0.15) is 46.5 Å². The average molecular weight is 409 g/mol. The van der Waals surface area contributed by atoms with E-state index < -0.39 is 0 Å². The van der Waals surface area contributed by atoms with E-state index in [1.54, 1.807) is 6.07 Å². The van der Waals surface area contributed by atoms with Gasteiger partial charge in [0.2, 0.25) is 0 Å². The highest BCUT2D eigenvalue weighted by Crippen LogP contribution is 2.46. The molecule has 29 heavy (non-hydrogen) atoms. The quantitative estimate of drug-likeness (QED) is 0.632. The number of aromatic nitrogens is 1. The fraction of sp³-hybridized carbons (Fsp3) is 0.391. The molecular weight excluding hydrogens is 384 g/mol. The number of piperidine rings is 1. The number of carbonyl (C=O) groups is 1. The van der Waals surface area contributed by atoms with Gasteiger partial charge in [-0.25, -0.2) is 0 Å². The topological polar surface area (TPSA) is 55.6 Å². The molecule has 0 radical (unpaired) electrons. The molecule has 2 aliphatic heterocycles. The molecule has 0 atom stereocenters. The van der Waals surface area contributed by atoms with Gasteiger partial charge in [0.05, 0.1) is 12.2 Å². The van der Waals surface area contributed by atoms with E-state index in [9.17, 15) is 4.79 Å². The van der Waals surface area contributed by atoms with Crippen LogP contribution in [0.5, 0.6) is 0 Å². The van der Waals surface area contributed by atoms with E-state index in [1.165, 1.54) is 20.9 Å². The SMILES string of the molecule is CCc1cc(C(=O)N2CCC3(CC2)OCCc2sc(-c4ccccc4)cc23)no1. The molecule has 1 aromatic carbocycles. The second kappa shape index (κ2) is 7.43. The molecule has 0 unspecified atom stereocenters. The number of ether oxygens (including phenoxy) is 1. The number of likely N-dealkylation sites (tertiary alicyclic amines) is 1. The Hall–Kier alpha value is -2.44. The lowest BCUT2D eigenvalue weighted by Crippen LogP contribution is -2.48. The predicted molar refractivity (Wildman–Crippen MR) is 112 cm³/mol. The molecule has 4 heterocycles. The number of thiophene rings is 1. The van der Waals surface area contributed by atoms with Gasteiger partial charge in [-0.2, -0.15) is 0 Å². The minimum absolute atomic E-state index is 0.0466. The van der Waals surface area contributed by atoms with Gasteiger partial charge in [-0.15, -0.1) is 11.3 Å². The summed E-state index contributed by atoms with van der Waals surface area (Å²) < 4.78 is 11.6. The molecule has 5 rings (SSSR count). The van der Waals surface area contributed by atoms with Gasteiger partial charge >= 0.3 is 0 Å². The van der Waals surface area contributed by atoms with Crippen molar-refractivity contribution in [2.75, 3.05) is 19.7 Å². The Morgan fingerprint density at radius 2 is 2.00 bits per heavy atom. The molecule has 2 aromatic heterocycles. The molecular formula is C23H24N2O3S. The van der Waals surface area contributed by atoms with E-state index >= 15 is 0 Å². The Bertz CT molecular complexity index is 1020. The van der Waals surface area contributed by atoms with Crippen LogP contribution in [0.15, 0.2) is 47.0 Å². The van der Waals surface area contributed by atoms with Crippen LogP contribution < -0.4 is 0 Å². The number of nitrogens with zero attached hydrogens (tertiary/aromatic N) is 2. The number of hydrogen-bond donors (Lipinski definition) is 0. The largest absolute Gasteiger partial charge is 0.370 e. The average Bonchev–Trinajstić information content (AvgIpc) is 3.43. The molecule has 3 aromatic rings. The van der Waals surface area contributed by atoms with Crippen molar-refractivity contribution in [1.82, 2.24) is 10.1 Å². The molecule has 0 bridgehead atoms. The van der Waals surface area contributed by atoms with Crippen LogP contribution in [0.25, 0.3) is 10.4 Å². The zero-order valence-corrected chi connectivity index (χ0v) is 17.3. The first-order valence-electron chi connectivity index (χ1n) is 10.3. The maximum Gasteiger partial charge on any atom is 0.276 e. The normalized spacial score (nSPS) is 18.0. The lowest BCUT2D eigenvalue weighted by Gasteiger charge is -2.43. The van der Waals surface area contributed by atoms with Crippen LogP contribution >= 0.6 is 11.3 Å². The van der Waals surface area contributed by atoms with Crippen LogP contribution in [0, 0.1) is 0 Å². The first-order valence-corrected chi connectivity index (χ1v) is 11.1. The number of aryl methyl sites for hydroxylation is 1. The third-order valence-corrected chi connectivity index (χ3v) is 7.29. The van der Waals surface area contributed by atoms with Crippen LogP contribution in [0.2, 0.25) is 0 Å². The molecule has 1 amide bonds. The van der Waals surface area contributed by atoms with Crippen molar-refractivity contribution >= 4 is 17.2 Å². The van der Waals surface area contributed by atoms with Crippen molar-refractivity contribution in [2.24, 2.45) is 0 Å². The maximum atomic E-state index is 12.8. The van der Waals surface area contributed by atoms with Gasteiger partial charge in [0, 0.05) is 41.8 Å². The number of hydrogen-bond acceptors (Lipinski definition) is 5. The number of carbonyl (C=O) groups excluding carboxylic acids is 1. The van der Waals surface area contributed by atoms with Crippen LogP contribution in [-0.2, 0) is 23.2 Å². The Labute approximate surface area is 174 Å². The van der Waals surface area contributed by atoms with E-state index in [4.69, 9.17) is 9.26 Å². The summed E-state index contributed by atoms with van der Waals surface area (Å²) in [5.74, 6) is 0.698. The van der Waals surface area contributed by atoms with Gasteiger partial charge < -0.3 is 14.2 Å². The fourth-order valence-electron chi connectivity index (χ4n) is 4.39. The monoisotopic (exact) mass is 408 g/mol. The molecule has 6 heteroatoms. The summed E-state index contributed by atoms with van der Waals surface area (Å²) in [4.78, 5) is 17.4. The highest BCUT2D eigenvalue weighted by atomic mass is 32.1. The number of fused-ring (bicyclic) bond motifs is 2. The third-order valence-electron chi connectivity index (χ3n) is 6.05. The summed E-state index contributed by atoms with van der Waals surface area (Å²) in [5.41, 5.74) is 2.72. The number of amides is 1. The van der Waals surface area contributed by atoms with Crippen LogP contribution in [0.3, 0.4) is 0 Å². The van der Waals surface area contributed by atoms with E-state index in [0.29, 0.717) is 18.8 Å².